The van der Waals surface area contributed by atoms with Gasteiger partial charge in [-0.2, -0.15) is 0 Å². The fourth-order valence-electron chi connectivity index (χ4n) is 2.41. The average molecular weight is 399 g/mol. The summed E-state index contributed by atoms with van der Waals surface area (Å²) in [5.41, 5.74) is 7.14. The van der Waals surface area contributed by atoms with E-state index in [1.54, 1.807) is 6.92 Å². The lowest BCUT2D eigenvalue weighted by Gasteiger charge is -2.10. The number of pyridine rings is 1. The van der Waals surface area contributed by atoms with Crippen LogP contribution in [0.5, 0.6) is 5.88 Å². The number of amides is 2. The normalized spacial score (nSPS) is 13.7. The van der Waals surface area contributed by atoms with Gasteiger partial charge < -0.3 is 26.2 Å². The largest absolute Gasteiger partial charge is 0.466 e. The van der Waals surface area contributed by atoms with E-state index in [0.29, 0.717) is 26.3 Å². The maximum atomic E-state index is 12.3. The maximum Gasteiger partial charge on any atom is 0.263 e. The fourth-order valence-corrected chi connectivity index (χ4v) is 3.65. The highest BCUT2D eigenvalue weighted by molar-refractivity contribution is 7.21. The van der Waals surface area contributed by atoms with Crippen molar-refractivity contribution < 1.29 is 19.4 Å². The van der Waals surface area contributed by atoms with Gasteiger partial charge in [0.05, 0.1) is 12.3 Å². The summed E-state index contributed by atoms with van der Waals surface area (Å²) in [6.07, 6.45) is 1.96. The molecule has 2 amide bonds. The van der Waals surface area contributed by atoms with Crippen LogP contribution in [0.1, 0.15) is 28.1 Å². The SMILES string of the molecule is Cc1c(Cl)c(OCC(=O)NCCO)nc2sc(C(=O)NC3CC3)c(N)c12. The van der Waals surface area contributed by atoms with E-state index >= 15 is 0 Å². The third-order valence-corrected chi connectivity index (χ3v) is 5.46. The number of hydrogen-bond acceptors (Lipinski definition) is 7. The first-order chi connectivity index (χ1) is 12.4. The molecule has 10 heteroatoms. The van der Waals surface area contributed by atoms with Crippen molar-refractivity contribution in [2.75, 3.05) is 25.5 Å². The lowest BCUT2D eigenvalue weighted by Crippen LogP contribution is -2.31. The lowest BCUT2D eigenvalue weighted by molar-refractivity contribution is -0.123. The molecule has 5 N–H and O–H groups in total. The van der Waals surface area contributed by atoms with Crippen molar-refractivity contribution in [1.29, 1.82) is 0 Å². The van der Waals surface area contributed by atoms with E-state index in [4.69, 9.17) is 27.2 Å². The molecule has 0 atom stereocenters. The van der Waals surface area contributed by atoms with E-state index < -0.39 is 5.91 Å². The van der Waals surface area contributed by atoms with Crippen LogP contribution in [0.4, 0.5) is 5.69 Å². The molecule has 1 saturated carbocycles. The van der Waals surface area contributed by atoms with Crippen molar-refractivity contribution in [1.82, 2.24) is 15.6 Å². The Hall–Kier alpha value is -2.10. The van der Waals surface area contributed by atoms with Gasteiger partial charge in [-0.25, -0.2) is 4.98 Å². The number of ether oxygens (including phenoxy) is 1. The summed E-state index contributed by atoms with van der Waals surface area (Å²) in [6, 6.07) is 0.223. The molecule has 0 saturated heterocycles. The Bertz CT molecular complexity index is 866. The van der Waals surface area contributed by atoms with Crippen molar-refractivity contribution in [2.45, 2.75) is 25.8 Å². The number of rotatable bonds is 7. The van der Waals surface area contributed by atoms with Crippen molar-refractivity contribution in [2.24, 2.45) is 0 Å². The molecule has 0 spiro atoms. The Balaban J connectivity index is 1.86. The van der Waals surface area contributed by atoms with Crippen LogP contribution in [-0.2, 0) is 4.79 Å². The van der Waals surface area contributed by atoms with Crippen LogP contribution >= 0.6 is 22.9 Å². The molecule has 0 unspecified atom stereocenters. The summed E-state index contributed by atoms with van der Waals surface area (Å²) in [6.45, 7) is 1.46. The molecule has 1 aliphatic carbocycles. The zero-order valence-corrected chi connectivity index (χ0v) is 15.7. The van der Waals surface area contributed by atoms with Crippen molar-refractivity contribution in [3.05, 3.63) is 15.5 Å². The van der Waals surface area contributed by atoms with Crippen LogP contribution in [0.25, 0.3) is 10.2 Å². The molecule has 1 aliphatic rings. The monoisotopic (exact) mass is 398 g/mol. The number of nitrogens with two attached hydrogens (primary N) is 1. The van der Waals surface area contributed by atoms with Crippen LogP contribution in [0.2, 0.25) is 5.02 Å². The predicted molar refractivity (Wildman–Crippen MR) is 99.9 cm³/mol. The Morgan fingerprint density at radius 1 is 1.46 bits per heavy atom. The summed E-state index contributed by atoms with van der Waals surface area (Å²) in [5, 5.41) is 14.9. The number of aliphatic hydroxyl groups excluding tert-OH is 1. The van der Waals surface area contributed by atoms with Crippen LogP contribution in [-0.4, -0.2) is 47.7 Å². The number of aliphatic hydroxyl groups is 1. The van der Waals surface area contributed by atoms with Gasteiger partial charge in [0.25, 0.3) is 11.8 Å². The molecule has 0 aliphatic heterocycles. The van der Waals surface area contributed by atoms with E-state index in [1.165, 1.54) is 11.3 Å². The molecular weight excluding hydrogens is 380 g/mol. The number of nitrogen functional groups attached to an aromatic ring is 1. The summed E-state index contributed by atoms with van der Waals surface area (Å²) in [4.78, 5) is 29.2. The number of thiophene rings is 1. The molecule has 2 aromatic rings. The van der Waals surface area contributed by atoms with E-state index in [-0.39, 0.29) is 42.6 Å². The van der Waals surface area contributed by atoms with E-state index in [0.717, 1.165) is 12.8 Å². The van der Waals surface area contributed by atoms with Crippen LogP contribution in [0.3, 0.4) is 0 Å². The minimum Gasteiger partial charge on any atom is -0.466 e. The van der Waals surface area contributed by atoms with Gasteiger partial charge in [0.15, 0.2) is 6.61 Å². The minimum absolute atomic E-state index is 0.103. The highest BCUT2D eigenvalue weighted by Crippen LogP contribution is 2.40. The van der Waals surface area contributed by atoms with Crippen molar-refractivity contribution in [3.8, 4) is 5.88 Å². The highest BCUT2D eigenvalue weighted by Gasteiger charge is 2.27. The second-order valence-electron chi connectivity index (χ2n) is 5.99. The van der Waals surface area contributed by atoms with Crippen LogP contribution < -0.4 is 21.1 Å². The third-order valence-electron chi connectivity index (χ3n) is 3.91. The second kappa shape index (κ2) is 7.65. The first-order valence-corrected chi connectivity index (χ1v) is 9.31. The van der Waals surface area contributed by atoms with Gasteiger partial charge in [0.2, 0.25) is 5.88 Å². The zero-order valence-electron chi connectivity index (χ0n) is 14.1. The summed E-state index contributed by atoms with van der Waals surface area (Å²) >= 11 is 7.47. The summed E-state index contributed by atoms with van der Waals surface area (Å²) in [7, 11) is 0. The number of fused-ring (bicyclic) bond motifs is 1. The molecule has 0 radical (unpaired) electrons. The first-order valence-electron chi connectivity index (χ1n) is 8.11. The van der Waals surface area contributed by atoms with Gasteiger partial charge in [-0.05, 0) is 25.3 Å². The van der Waals surface area contributed by atoms with Crippen molar-refractivity contribution >= 4 is 50.7 Å². The van der Waals surface area contributed by atoms with Gasteiger partial charge in [-0.15, -0.1) is 11.3 Å². The average Bonchev–Trinajstić information content (AvgIpc) is 3.36. The Morgan fingerprint density at radius 3 is 2.85 bits per heavy atom. The Kier molecular flexibility index (Phi) is 5.49. The maximum absolute atomic E-state index is 12.3. The standard InChI is InChI=1S/C16H19ClN4O4S/c1-7-10-12(18)13(14(24)20-8-2-3-8)26-16(10)21-15(11(7)17)25-6-9(23)19-4-5-22/h8,22H,2-6,18H2,1H3,(H,19,23)(H,20,24). The number of nitrogens with zero attached hydrogens (tertiary/aromatic N) is 1. The Morgan fingerprint density at radius 2 is 2.19 bits per heavy atom. The Labute approximate surface area is 158 Å². The van der Waals surface area contributed by atoms with Gasteiger partial charge in [-0.1, -0.05) is 11.6 Å². The lowest BCUT2D eigenvalue weighted by atomic mass is 10.1. The number of halogens is 1. The molecule has 2 aromatic heterocycles. The van der Waals surface area contributed by atoms with Crippen LogP contribution in [0.15, 0.2) is 0 Å². The fraction of sp³-hybridized carbons (Fsp3) is 0.438. The molecule has 3 rings (SSSR count). The molecule has 26 heavy (non-hydrogen) atoms. The number of aromatic nitrogens is 1. The second-order valence-corrected chi connectivity index (χ2v) is 7.37. The third kappa shape index (κ3) is 3.84. The summed E-state index contributed by atoms with van der Waals surface area (Å²) in [5.74, 6) is -0.509. The molecule has 1 fully saturated rings. The number of carbonyl (C=O) groups excluding carboxylic acids is 2. The van der Waals surface area contributed by atoms with Gasteiger partial charge >= 0.3 is 0 Å². The number of aryl methyl sites for hydroxylation is 1. The van der Waals surface area contributed by atoms with Crippen molar-refractivity contribution in [3.63, 3.8) is 0 Å². The van der Waals surface area contributed by atoms with Gasteiger partial charge in [0, 0.05) is 18.0 Å². The molecule has 140 valence electrons. The molecule has 0 bridgehead atoms. The number of carbonyl (C=O) groups is 2. The summed E-state index contributed by atoms with van der Waals surface area (Å²) < 4.78 is 5.40. The molecule has 0 aromatic carbocycles. The zero-order chi connectivity index (χ0) is 18.8. The predicted octanol–water partition coefficient (Wildman–Crippen LogP) is 1.22. The molecule has 8 nitrogen and oxygen atoms in total. The van der Waals surface area contributed by atoms with Gasteiger partial charge in [-0.3, -0.25) is 9.59 Å². The highest BCUT2D eigenvalue weighted by atomic mass is 35.5. The quantitative estimate of drug-likeness (QED) is 0.555. The number of hydrogen-bond donors (Lipinski definition) is 4. The molecular formula is C16H19ClN4O4S. The van der Waals surface area contributed by atoms with E-state index in [2.05, 4.69) is 15.6 Å². The first kappa shape index (κ1) is 18.7. The minimum atomic E-state index is -0.398. The topological polar surface area (TPSA) is 127 Å². The van der Waals surface area contributed by atoms with Gasteiger partial charge in [0.1, 0.15) is 14.7 Å². The van der Waals surface area contributed by atoms with E-state index in [9.17, 15) is 9.59 Å². The molecule has 2 heterocycles. The smallest absolute Gasteiger partial charge is 0.263 e. The number of anilines is 1. The number of nitrogens with one attached hydrogen (secondary N) is 2. The van der Waals surface area contributed by atoms with E-state index in [1.807, 2.05) is 0 Å². The van der Waals surface area contributed by atoms with Crippen LogP contribution in [0, 0.1) is 6.92 Å².